The number of aromatic hydroxyl groups is 1. The Morgan fingerprint density at radius 2 is 2.13 bits per heavy atom. The van der Waals surface area contributed by atoms with Crippen LogP contribution in [0.3, 0.4) is 0 Å². The molecule has 1 saturated heterocycles. The maximum Gasteiger partial charge on any atom is 0.184 e. The molecule has 1 aromatic carbocycles. The number of anilines is 1. The molecule has 4 nitrogen and oxygen atoms in total. The van der Waals surface area contributed by atoms with E-state index in [1.54, 1.807) is 0 Å². The first kappa shape index (κ1) is 14.0. The van der Waals surface area contributed by atoms with Crippen LogP contribution >= 0.6 is 0 Å². The standard InChI is InChI=1S/C19H26N2O2/c22-16-11-14-12(17-18(16)23-9-3-7-21-17)10-15-13-4-1-2-5-19(13,14)6-8-20-15/h11,13,15,20-22H,1-10H2. The average molecular weight is 314 g/mol. The van der Waals surface area contributed by atoms with Crippen LogP contribution in [0.1, 0.15) is 49.7 Å². The van der Waals surface area contributed by atoms with E-state index in [-0.39, 0.29) is 5.41 Å². The van der Waals surface area contributed by atoms with Gasteiger partial charge in [0.15, 0.2) is 11.5 Å². The Morgan fingerprint density at radius 3 is 3.09 bits per heavy atom. The number of phenolic OH excluding ortho intramolecular Hbond substituents is 1. The summed E-state index contributed by atoms with van der Waals surface area (Å²) in [7, 11) is 0. The third kappa shape index (κ3) is 1.87. The zero-order valence-electron chi connectivity index (χ0n) is 13.7. The third-order valence-electron chi connectivity index (χ3n) is 6.76. The van der Waals surface area contributed by atoms with Gasteiger partial charge in [-0.15, -0.1) is 0 Å². The van der Waals surface area contributed by atoms with Crippen LogP contribution in [0.4, 0.5) is 5.69 Å². The molecule has 23 heavy (non-hydrogen) atoms. The lowest BCUT2D eigenvalue weighted by Gasteiger charge is -2.56. The summed E-state index contributed by atoms with van der Waals surface area (Å²) < 4.78 is 5.87. The smallest absolute Gasteiger partial charge is 0.184 e. The van der Waals surface area contributed by atoms with Crippen LogP contribution < -0.4 is 15.4 Å². The van der Waals surface area contributed by atoms with Crippen LogP contribution in [0.2, 0.25) is 0 Å². The van der Waals surface area contributed by atoms with Crippen molar-refractivity contribution >= 4 is 5.69 Å². The van der Waals surface area contributed by atoms with Crippen LogP contribution in [-0.2, 0) is 11.8 Å². The van der Waals surface area contributed by atoms with Crippen molar-refractivity contribution in [3.05, 3.63) is 17.2 Å². The van der Waals surface area contributed by atoms with E-state index in [2.05, 4.69) is 16.7 Å². The van der Waals surface area contributed by atoms with E-state index in [4.69, 9.17) is 4.74 Å². The predicted octanol–water partition coefficient (Wildman–Crippen LogP) is 2.93. The summed E-state index contributed by atoms with van der Waals surface area (Å²) in [5.41, 5.74) is 4.20. The molecule has 2 aliphatic carbocycles. The molecule has 0 radical (unpaired) electrons. The van der Waals surface area contributed by atoms with Gasteiger partial charge in [-0.2, -0.15) is 0 Å². The lowest BCUT2D eigenvalue weighted by molar-refractivity contribution is 0.0796. The van der Waals surface area contributed by atoms with Crippen LogP contribution in [0.15, 0.2) is 6.07 Å². The number of hydrogen-bond donors (Lipinski definition) is 3. The van der Waals surface area contributed by atoms with Crippen molar-refractivity contribution in [1.82, 2.24) is 5.32 Å². The van der Waals surface area contributed by atoms with Gasteiger partial charge in [-0.3, -0.25) is 0 Å². The predicted molar refractivity (Wildman–Crippen MR) is 90.5 cm³/mol. The normalized spacial score (nSPS) is 35.0. The Hall–Kier alpha value is -1.42. The minimum Gasteiger partial charge on any atom is -0.504 e. The molecule has 4 aliphatic rings. The molecule has 3 atom stereocenters. The summed E-state index contributed by atoms with van der Waals surface area (Å²) in [6.45, 7) is 2.72. The molecule has 2 bridgehead atoms. The molecule has 3 N–H and O–H groups in total. The number of rotatable bonds is 0. The SMILES string of the molecule is Oc1cc2c(c3c1OCCCN3)CC1NCCC23CCCCC13. The van der Waals surface area contributed by atoms with E-state index < -0.39 is 0 Å². The van der Waals surface area contributed by atoms with E-state index in [1.807, 2.05) is 0 Å². The Morgan fingerprint density at radius 1 is 1.17 bits per heavy atom. The van der Waals surface area contributed by atoms with Gasteiger partial charge < -0.3 is 20.5 Å². The summed E-state index contributed by atoms with van der Waals surface area (Å²) in [6.07, 6.45) is 8.56. The minimum absolute atomic E-state index is 0.280. The minimum atomic E-state index is 0.280. The van der Waals surface area contributed by atoms with Crippen molar-refractivity contribution in [2.75, 3.05) is 25.0 Å². The number of piperidine rings is 1. The summed E-state index contributed by atoms with van der Waals surface area (Å²) in [4.78, 5) is 0. The van der Waals surface area contributed by atoms with Gasteiger partial charge in [-0.25, -0.2) is 0 Å². The Kier molecular flexibility index (Phi) is 3.06. The van der Waals surface area contributed by atoms with E-state index in [0.29, 0.717) is 24.1 Å². The molecule has 124 valence electrons. The maximum atomic E-state index is 10.6. The molecule has 0 aromatic heterocycles. The molecule has 0 spiro atoms. The van der Waals surface area contributed by atoms with Gasteiger partial charge in [0.2, 0.25) is 0 Å². The van der Waals surface area contributed by atoms with Gasteiger partial charge in [0.05, 0.1) is 12.3 Å². The molecular weight excluding hydrogens is 288 g/mol. The van der Waals surface area contributed by atoms with Gasteiger partial charge in [0.25, 0.3) is 0 Å². The molecule has 0 amide bonds. The quantitative estimate of drug-likeness (QED) is 0.689. The average Bonchev–Trinajstić information content (AvgIpc) is 2.83. The van der Waals surface area contributed by atoms with Crippen LogP contribution in [-0.4, -0.2) is 30.8 Å². The molecule has 1 saturated carbocycles. The highest BCUT2D eigenvalue weighted by atomic mass is 16.5. The fourth-order valence-electron chi connectivity index (χ4n) is 5.83. The fourth-order valence-corrected chi connectivity index (χ4v) is 5.83. The van der Waals surface area contributed by atoms with Crippen molar-refractivity contribution in [2.24, 2.45) is 5.92 Å². The first-order valence-corrected chi connectivity index (χ1v) is 9.29. The van der Waals surface area contributed by atoms with Gasteiger partial charge in [0.1, 0.15) is 0 Å². The van der Waals surface area contributed by atoms with E-state index in [9.17, 15) is 5.11 Å². The second kappa shape index (κ2) is 5.04. The van der Waals surface area contributed by atoms with E-state index >= 15 is 0 Å². The summed E-state index contributed by atoms with van der Waals surface area (Å²) in [5, 5.41) is 18.0. The molecule has 1 aromatic rings. The highest BCUT2D eigenvalue weighted by Crippen LogP contribution is 2.57. The van der Waals surface area contributed by atoms with E-state index in [1.165, 1.54) is 43.2 Å². The maximum absolute atomic E-state index is 10.6. The first-order chi connectivity index (χ1) is 11.3. The van der Waals surface area contributed by atoms with Crippen LogP contribution in [0.25, 0.3) is 0 Å². The van der Waals surface area contributed by atoms with Gasteiger partial charge in [-0.05, 0) is 61.8 Å². The second-order valence-electron chi connectivity index (χ2n) is 7.78. The number of phenols is 1. The van der Waals surface area contributed by atoms with Crippen molar-refractivity contribution in [3.8, 4) is 11.5 Å². The fraction of sp³-hybridized carbons (Fsp3) is 0.684. The Labute approximate surface area is 137 Å². The number of nitrogens with one attached hydrogen (secondary N) is 2. The van der Waals surface area contributed by atoms with Gasteiger partial charge >= 0.3 is 0 Å². The summed E-state index contributed by atoms with van der Waals surface area (Å²) >= 11 is 0. The largest absolute Gasteiger partial charge is 0.504 e. The van der Waals surface area contributed by atoms with E-state index in [0.717, 1.165) is 37.5 Å². The highest BCUT2D eigenvalue weighted by molar-refractivity contribution is 5.72. The van der Waals surface area contributed by atoms with Crippen molar-refractivity contribution in [1.29, 1.82) is 0 Å². The van der Waals surface area contributed by atoms with Crippen LogP contribution in [0.5, 0.6) is 11.5 Å². The zero-order chi connectivity index (χ0) is 15.4. The first-order valence-electron chi connectivity index (χ1n) is 9.29. The molecule has 3 unspecified atom stereocenters. The molecule has 5 rings (SSSR count). The Balaban J connectivity index is 1.73. The molecular formula is C19H26N2O2. The Bertz CT molecular complexity index is 641. The molecule has 2 fully saturated rings. The monoisotopic (exact) mass is 314 g/mol. The number of benzene rings is 1. The lowest BCUT2D eigenvalue weighted by Crippen LogP contribution is -2.59. The summed E-state index contributed by atoms with van der Waals surface area (Å²) in [6, 6.07) is 2.65. The zero-order valence-corrected chi connectivity index (χ0v) is 13.7. The molecule has 2 heterocycles. The number of hydrogen-bond acceptors (Lipinski definition) is 4. The van der Waals surface area contributed by atoms with Crippen molar-refractivity contribution in [2.45, 2.75) is 56.4 Å². The molecule has 4 heteroatoms. The van der Waals surface area contributed by atoms with Gasteiger partial charge in [-0.1, -0.05) is 12.8 Å². The third-order valence-corrected chi connectivity index (χ3v) is 6.76. The van der Waals surface area contributed by atoms with Crippen molar-refractivity contribution < 1.29 is 9.84 Å². The summed E-state index contributed by atoms with van der Waals surface area (Å²) in [5.74, 6) is 1.76. The molecule has 2 aliphatic heterocycles. The highest BCUT2D eigenvalue weighted by Gasteiger charge is 2.52. The van der Waals surface area contributed by atoms with Crippen LogP contribution in [0, 0.1) is 5.92 Å². The lowest BCUT2D eigenvalue weighted by atomic mass is 9.52. The number of fused-ring (bicyclic) bond motifs is 3. The van der Waals surface area contributed by atoms with Gasteiger partial charge in [0, 0.05) is 18.0 Å². The number of ether oxygens (including phenoxy) is 1. The second-order valence-corrected chi connectivity index (χ2v) is 7.78. The topological polar surface area (TPSA) is 53.5 Å². The van der Waals surface area contributed by atoms with Crippen molar-refractivity contribution in [3.63, 3.8) is 0 Å².